The summed E-state index contributed by atoms with van der Waals surface area (Å²) in [6.07, 6.45) is 0. The first kappa shape index (κ1) is 17.7. The van der Waals surface area contributed by atoms with E-state index in [0.29, 0.717) is 11.1 Å². The third-order valence-electron chi connectivity index (χ3n) is 3.81. The van der Waals surface area contributed by atoms with Crippen molar-refractivity contribution >= 4 is 11.8 Å². The Balaban J connectivity index is 2.73. The molecular formula is C18H22N4O2. The molecule has 0 spiro atoms. The second kappa shape index (κ2) is 7.72. The van der Waals surface area contributed by atoms with Crippen LogP contribution in [0.15, 0.2) is 36.4 Å². The minimum atomic E-state index is -0.273. The first-order chi connectivity index (χ1) is 11.5. The number of hydrogen-bond acceptors (Lipinski definition) is 4. The molecule has 126 valence electrons. The first-order valence-corrected chi connectivity index (χ1v) is 7.67. The summed E-state index contributed by atoms with van der Waals surface area (Å²) in [6, 6.07) is 10.9. The van der Waals surface area contributed by atoms with E-state index in [4.69, 9.17) is 11.5 Å². The van der Waals surface area contributed by atoms with E-state index in [-0.39, 0.29) is 25.2 Å². The van der Waals surface area contributed by atoms with Crippen molar-refractivity contribution in [2.45, 2.75) is 13.8 Å². The van der Waals surface area contributed by atoms with Crippen LogP contribution in [0.1, 0.15) is 31.8 Å². The lowest BCUT2D eigenvalue weighted by Crippen LogP contribution is -2.31. The van der Waals surface area contributed by atoms with Crippen molar-refractivity contribution in [3.63, 3.8) is 0 Å². The average Bonchev–Trinajstić information content (AvgIpc) is 2.55. The summed E-state index contributed by atoms with van der Waals surface area (Å²) in [7, 11) is 0. The Hall–Kier alpha value is -2.70. The van der Waals surface area contributed by atoms with Crippen molar-refractivity contribution in [2.24, 2.45) is 11.5 Å². The molecule has 0 saturated carbocycles. The maximum Gasteiger partial charge on any atom is 0.252 e. The SMILES string of the molecule is Cc1cccc(C(=O)NCN)c1-c1c(C)cccc1C(=O)NCN. The number of carbonyl (C=O) groups excluding carboxylic acids is 2. The van der Waals surface area contributed by atoms with Crippen molar-refractivity contribution in [1.29, 1.82) is 0 Å². The van der Waals surface area contributed by atoms with Gasteiger partial charge in [-0.25, -0.2) is 0 Å². The summed E-state index contributed by atoms with van der Waals surface area (Å²) in [6.45, 7) is 3.90. The lowest BCUT2D eigenvalue weighted by molar-refractivity contribution is 0.0945. The molecule has 0 atom stereocenters. The molecule has 0 aliphatic rings. The van der Waals surface area contributed by atoms with Crippen molar-refractivity contribution in [3.05, 3.63) is 58.7 Å². The Morgan fingerprint density at radius 3 is 1.50 bits per heavy atom. The molecule has 2 aromatic carbocycles. The molecule has 0 radical (unpaired) electrons. The van der Waals surface area contributed by atoms with Gasteiger partial charge in [0.1, 0.15) is 0 Å². The number of nitrogens with two attached hydrogens (primary N) is 2. The number of amides is 2. The van der Waals surface area contributed by atoms with Gasteiger partial charge in [0.2, 0.25) is 0 Å². The summed E-state index contributed by atoms with van der Waals surface area (Å²) in [5, 5.41) is 5.22. The number of nitrogens with one attached hydrogen (secondary N) is 2. The maximum absolute atomic E-state index is 12.4. The van der Waals surface area contributed by atoms with Crippen molar-refractivity contribution in [1.82, 2.24) is 10.6 Å². The van der Waals surface area contributed by atoms with Crippen LogP contribution < -0.4 is 22.1 Å². The Labute approximate surface area is 141 Å². The number of carbonyl (C=O) groups is 2. The molecule has 0 aliphatic heterocycles. The second-order valence-corrected chi connectivity index (χ2v) is 5.41. The standard InChI is InChI=1S/C18H22N4O2/c1-11-5-3-7-13(17(23)21-9-19)15(11)16-12(2)6-4-8-14(16)18(24)22-10-20/h3-8H,9-10,19-20H2,1-2H3,(H,21,23)(H,22,24). The summed E-state index contributed by atoms with van der Waals surface area (Å²) in [5.41, 5.74) is 15.1. The van der Waals surface area contributed by atoms with Gasteiger partial charge in [0.25, 0.3) is 11.8 Å². The Bertz CT molecular complexity index is 706. The highest BCUT2D eigenvalue weighted by Gasteiger charge is 2.21. The Morgan fingerprint density at radius 1 is 0.792 bits per heavy atom. The van der Waals surface area contributed by atoms with Crippen LogP contribution in [-0.4, -0.2) is 25.2 Å². The molecule has 2 rings (SSSR count). The predicted octanol–water partition coefficient (Wildman–Crippen LogP) is 1.26. The quantitative estimate of drug-likeness (QED) is 0.620. The minimum Gasteiger partial charge on any atom is -0.340 e. The Kier molecular flexibility index (Phi) is 5.68. The summed E-state index contributed by atoms with van der Waals surface area (Å²) < 4.78 is 0. The fourth-order valence-electron chi connectivity index (χ4n) is 2.75. The van der Waals surface area contributed by atoms with E-state index in [0.717, 1.165) is 22.3 Å². The van der Waals surface area contributed by atoms with Crippen LogP contribution in [0.3, 0.4) is 0 Å². The highest BCUT2D eigenvalue weighted by Crippen LogP contribution is 2.33. The molecule has 0 bridgehead atoms. The zero-order valence-electron chi connectivity index (χ0n) is 13.8. The molecule has 6 N–H and O–H groups in total. The third kappa shape index (κ3) is 3.45. The molecule has 0 aliphatic carbocycles. The minimum absolute atomic E-state index is 0.0422. The highest BCUT2D eigenvalue weighted by molar-refractivity contribution is 6.07. The summed E-state index contributed by atoms with van der Waals surface area (Å²) >= 11 is 0. The van der Waals surface area contributed by atoms with E-state index in [9.17, 15) is 9.59 Å². The molecule has 0 saturated heterocycles. The number of hydrogen-bond donors (Lipinski definition) is 4. The molecule has 0 unspecified atom stereocenters. The molecule has 0 fully saturated rings. The van der Waals surface area contributed by atoms with Crippen LogP contribution in [0.25, 0.3) is 11.1 Å². The maximum atomic E-state index is 12.4. The largest absolute Gasteiger partial charge is 0.340 e. The first-order valence-electron chi connectivity index (χ1n) is 7.67. The van der Waals surface area contributed by atoms with Gasteiger partial charge in [-0.1, -0.05) is 24.3 Å². The van der Waals surface area contributed by atoms with Gasteiger partial charge in [0, 0.05) is 11.1 Å². The van der Waals surface area contributed by atoms with Gasteiger partial charge < -0.3 is 22.1 Å². The van der Waals surface area contributed by atoms with Crippen molar-refractivity contribution < 1.29 is 9.59 Å². The fourth-order valence-corrected chi connectivity index (χ4v) is 2.75. The molecule has 0 heterocycles. The van der Waals surface area contributed by atoms with Crippen LogP contribution in [0, 0.1) is 13.8 Å². The van der Waals surface area contributed by atoms with Gasteiger partial charge in [-0.2, -0.15) is 0 Å². The van der Waals surface area contributed by atoms with Gasteiger partial charge in [0.15, 0.2) is 0 Å². The van der Waals surface area contributed by atoms with Gasteiger partial charge in [0.05, 0.1) is 13.3 Å². The molecule has 0 aromatic heterocycles. The topological polar surface area (TPSA) is 110 Å². The summed E-state index contributed by atoms with van der Waals surface area (Å²) in [4.78, 5) is 24.8. The molecule has 6 nitrogen and oxygen atoms in total. The third-order valence-corrected chi connectivity index (χ3v) is 3.81. The van der Waals surface area contributed by atoms with Gasteiger partial charge >= 0.3 is 0 Å². The zero-order valence-corrected chi connectivity index (χ0v) is 13.8. The second-order valence-electron chi connectivity index (χ2n) is 5.41. The molecule has 2 aromatic rings. The van der Waals surface area contributed by atoms with E-state index in [1.807, 2.05) is 38.1 Å². The smallest absolute Gasteiger partial charge is 0.252 e. The molecule has 6 heteroatoms. The van der Waals surface area contributed by atoms with Crippen molar-refractivity contribution in [3.8, 4) is 11.1 Å². The Morgan fingerprint density at radius 2 is 1.17 bits per heavy atom. The lowest BCUT2D eigenvalue weighted by Gasteiger charge is -2.18. The predicted molar refractivity (Wildman–Crippen MR) is 94.4 cm³/mol. The molecular weight excluding hydrogens is 304 g/mol. The zero-order chi connectivity index (χ0) is 17.7. The number of aryl methyl sites for hydroxylation is 2. The lowest BCUT2D eigenvalue weighted by atomic mass is 9.88. The fraction of sp³-hybridized carbons (Fsp3) is 0.222. The van der Waals surface area contributed by atoms with Gasteiger partial charge in [-0.3, -0.25) is 9.59 Å². The van der Waals surface area contributed by atoms with Gasteiger partial charge in [-0.15, -0.1) is 0 Å². The van der Waals surface area contributed by atoms with Crippen LogP contribution in [0.4, 0.5) is 0 Å². The monoisotopic (exact) mass is 326 g/mol. The van der Waals surface area contributed by atoms with Crippen LogP contribution in [-0.2, 0) is 0 Å². The highest BCUT2D eigenvalue weighted by atomic mass is 16.2. The van der Waals surface area contributed by atoms with Crippen molar-refractivity contribution in [2.75, 3.05) is 13.3 Å². The van der Waals surface area contributed by atoms with Crippen LogP contribution >= 0.6 is 0 Å². The van der Waals surface area contributed by atoms with Crippen LogP contribution in [0.5, 0.6) is 0 Å². The van der Waals surface area contributed by atoms with E-state index >= 15 is 0 Å². The number of rotatable bonds is 5. The average molecular weight is 326 g/mol. The molecule has 2 amide bonds. The molecule has 24 heavy (non-hydrogen) atoms. The van der Waals surface area contributed by atoms with Gasteiger partial charge in [-0.05, 0) is 48.2 Å². The van der Waals surface area contributed by atoms with E-state index in [1.165, 1.54) is 0 Å². The van der Waals surface area contributed by atoms with E-state index in [1.54, 1.807) is 12.1 Å². The van der Waals surface area contributed by atoms with Crippen LogP contribution in [0.2, 0.25) is 0 Å². The van der Waals surface area contributed by atoms with E-state index < -0.39 is 0 Å². The normalized spacial score (nSPS) is 10.3. The number of benzene rings is 2. The van der Waals surface area contributed by atoms with E-state index in [2.05, 4.69) is 10.6 Å². The summed E-state index contributed by atoms with van der Waals surface area (Å²) in [5.74, 6) is -0.547.